The van der Waals surface area contributed by atoms with E-state index in [-0.39, 0.29) is 16.3 Å². The van der Waals surface area contributed by atoms with Crippen molar-refractivity contribution in [2.75, 3.05) is 5.32 Å². The second-order valence-corrected chi connectivity index (χ2v) is 11.3. The van der Waals surface area contributed by atoms with Crippen LogP contribution in [0.3, 0.4) is 0 Å². The summed E-state index contributed by atoms with van der Waals surface area (Å²) in [5.74, 6) is -1.73. The van der Waals surface area contributed by atoms with Gasteiger partial charge in [0.1, 0.15) is 5.82 Å². The predicted octanol–water partition coefficient (Wildman–Crippen LogP) is 5.71. The van der Waals surface area contributed by atoms with E-state index in [0.717, 1.165) is 10.8 Å². The molecular formula is C28H27FN4O3S. The van der Waals surface area contributed by atoms with Crippen molar-refractivity contribution in [3.8, 4) is 11.1 Å². The van der Waals surface area contributed by atoms with Crippen LogP contribution in [0.15, 0.2) is 90.0 Å². The number of benzene rings is 2. The lowest BCUT2D eigenvalue weighted by atomic mass is 10.0. The monoisotopic (exact) mass is 518 g/mol. The number of nitrogens with zero attached hydrogens (tertiary/aromatic N) is 2. The van der Waals surface area contributed by atoms with Crippen molar-refractivity contribution in [3.05, 3.63) is 90.6 Å². The molecule has 190 valence electrons. The lowest BCUT2D eigenvalue weighted by molar-refractivity contribution is -0.114. The van der Waals surface area contributed by atoms with Crippen LogP contribution in [0.5, 0.6) is 0 Å². The number of carbonyl (C=O) groups is 1. The van der Waals surface area contributed by atoms with E-state index in [2.05, 4.69) is 20.0 Å². The van der Waals surface area contributed by atoms with Crippen molar-refractivity contribution in [2.45, 2.75) is 38.1 Å². The minimum absolute atomic E-state index is 0.110. The molecular weight excluding hydrogens is 491 g/mol. The van der Waals surface area contributed by atoms with Crippen LogP contribution in [-0.4, -0.2) is 29.8 Å². The van der Waals surface area contributed by atoms with Crippen molar-refractivity contribution in [2.24, 2.45) is 0 Å². The van der Waals surface area contributed by atoms with Crippen molar-refractivity contribution in [1.29, 1.82) is 0 Å². The topological polar surface area (TPSA) is 101 Å². The first-order valence-corrected chi connectivity index (χ1v) is 13.0. The van der Waals surface area contributed by atoms with Crippen LogP contribution in [0.1, 0.15) is 33.3 Å². The first-order valence-electron chi connectivity index (χ1n) is 11.6. The number of allylic oxidation sites excluding steroid dienone is 1. The zero-order valence-electron chi connectivity index (χ0n) is 20.9. The summed E-state index contributed by atoms with van der Waals surface area (Å²) in [6.07, 6.45) is 4.79. The van der Waals surface area contributed by atoms with E-state index in [0.29, 0.717) is 16.7 Å². The molecule has 0 aliphatic carbocycles. The van der Waals surface area contributed by atoms with E-state index in [1.165, 1.54) is 25.3 Å². The van der Waals surface area contributed by atoms with E-state index in [1.807, 2.05) is 12.1 Å². The van der Waals surface area contributed by atoms with E-state index >= 15 is 0 Å². The van der Waals surface area contributed by atoms with Gasteiger partial charge in [0, 0.05) is 40.6 Å². The van der Waals surface area contributed by atoms with Gasteiger partial charge in [0.25, 0.3) is 5.91 Å². The molecule has 0 bridgehead atoms. The third kappa shape index (κ3) is 6.07. The summed E-state index contributed by atoms with van der Waals surface area (Å²) in [6, 6.07) is 16.9. The van der Waals surface area contributed by atoms with Crippen LogP contribution in [0.2, 0.25) is 0 Å². The molecule has 4 rings (SSSR count). The van der Waals surface area contributed by atoms with Gasteiger partial charge in [-0.2, -0.15) is 0 Å². The second kappa shape index (κ2) is 10.2. The maximum atomic E-state index is 15.0. The Balaban J connectivity index is 1.56. The number of anilines is 1. The Labute approximate surface area is 215 Å². The molecule has 0 saturated carbocycles. The molecule has 7 nitrogen and oxygen atoms in total. The summed E-state index contributed by atoms with van der Waals surface area (Å²) < 4.78 is 43.5. The van der Waals surface area contributed by atoms with Gasteiger partial charge in [-0.1, -0.05) is 30.3 Å². The van der Waals surface area contributed by atoms with Crippen molar-refractivity contribution >= 4 is 38.1 Å². The van der Waals surface area contributed by atoms with Crippen LogP contribution >= 0.6 is 0 Å². The molecule has 0 radical (unpaired) electrons. The fourth-order valence-electron chi connectivity index (χ4n) is 3.81. The van der Waals surface area contributed by atoms with E-state index < -0.39 is 27.3 Å². The number of hydrogen-bond donors (Lipinski definition) is 2. The lowest BCUT2D eigenvalue weighted by Gasteiger charge is -2.21. The smallest absolute Gasteiger partial charge is 0.285 e. The van der Waals surface area contributed by atoms with Gasteiger partial charge in [-0.3, -0.25) is 9.78 Å². The quantitative estimate of drug-likeness (QED) is 0.318. The highest BCUT2D eigenvalue weighted by Crippen LogP contribution is 2.29. The highest BCUT2D eigenvalue weighted by atomic mass is 32.2. The molecule has 0 fully saturated rings. The number of carbonyl (C=O) groups excluding carboxylic acids is 1. The predicted molar refractivity (Wildman–Crippen MR) is 144 cm³/mol. The maximum Gasteiger partial charge on any atom is 0.285 e. The Hall–Kier alpha value is -3.95. The number of halogens is 1. The number of pyridine rings is 2. The maximum absolute atomic E-state index is 15.0. The van der Waals surface area contributed by atoms with Crippen molar-refractivity contribution in [3.63, 3.8) is 0 Å². The minimum atomic E-state index is -3.79. The van der Waals surface area contributed by atoms with Gasteiger partial charge in [-0.05, 0) is 74.5 Å². The molecule has 4 aromatic rings. The largest absolute Gasteiger partial charge is 0.305 e. The Bertz CT molecular complexity index is 1610. The minimum Gasteiger partial charge on any atom is -0.305 e. The van der Waals surface area contributed by atoms with Gasteiger partial charge >= 0.3 is 0 Å². The van der Waals surface area contributed by atoms with Crippen LogP contribution in [0.25, 0.3) is 27.5 Å². The number of sulfonamides is 1. The Kier molecular flexibility index (Phi) is 7.20. The molecule has 2 aromatic carbocycles. The number of fused-ring (bicyclic) bond motifs is 1. The summed E-state index contributed by atoms with van der Waals surface area (Å²) >= 11 is 0. The number of amides is 1. The average molecular weight is 519 g/mol. The zero-order valence-corrected chi connectivity index (χ0v) is 21.7. The molecule has 0 saturated heterocycles. The average Bonchev–Trinajstić information content (AvgIpc) is 2.86. The summed E-state index contributed by atoms with van der Waals surface area (Å²) in [4.78, 5) is 21.0. The molecule has 9 heteroatoms. The fourth-order valence-corrected chi connectivity index (χ4v) is 5.46. The third-order valence-electron chi connectivity index (χ3n) is 5.54. The summed E-state index contributed by atoms with van der Waals surface area (Å²) in [7, 11) is -3.79. The second-order valence-electron chi connectivity index (χ2n) is 9.61. The summed E-state index contributed by atoms with van der Waals surface area (Å²) in [5, 5.41) is 4.26. The first-order chi connectivity index (χ1) is 17.4. The normalized spacial score (nSPS) is 12.8. The Morgan fingerprint density at radius 1 is 0.946 bits per heavy atom. The molecule has 2 aromatic heterocycles. The summed E-state index contributed by atoms with van der Waals surface area (Å²) in [5.41, 5.74) is 1.09. The molecule has 0 aliphatic rings. The van der Waals surface area contributed by atoms with Gasteiger partial charge in [0.2, 0.25) is 10.0 Å². The number of nitrogens with one attached hydrogen (secondary N) is 2. The fraction of sp³-hybridized carbons (Fsp3) is 0.179. The standard InChI is InChI=1S/C28H27FN4O3S/c1-18(20-10-9-19-13-14-30-16-22(19)15-20)26(29)27(34)32-25-12-11-21(17-31-25)23-7-5-6-8-24(23)37(35,36)33-28(2,3)4/h5-17,33H,1-4H3,(H,31,32,34)/b26-18+. The SMILES string of the molecule is C/C(=C(\F)C(=O)Nc1ccc(-c2ccccc2S(=O)(=O)NC(C)(C)C)cn1)c1ccc2ccncc2c1. The lowest BCUT2D eigenvalue weighted by Crippen LogP contribution is -2.40. The molecule has 2 N–H and O–H groups in total. The molecule has 0 unspecified atom stereocenters. The van der Waals surface area contributed by atoms with Crippen molar-refractivity contribution in [1.82, 2.24) is 14.7 Å². The highest BCUT2D eigenvalue weighted by Gasteiger charge is 2.25. The van der Waals surface area contributed by atoms with Crippen LogP contribution < -0.4 is 10.0 Å². The van der Waals surface area contributed by atoms with Crippen LogP contribution in [0.4, 0.5) is 10.2 Å². The van der Waals surface area contributed by atoms with Crippen LogP contribution in [-0.2, 0) is 14.8 Å². The Morgan fingerprint density at radius 3 is 2.41 bits per heavy atom. The molecule has 0 aliphatic heterocycles. The van der Waals surface area contributed by atoms with Gasteiger partial charge in [-0.25, -0.2) is 22.5 Å². The number of aromatic nitrogens is 2. The number of hydrogen-bond acceptors (Lipinski definition) is 5. The summed E-state index contributed by atoms with van der Waals surface area (Å²) in [6.45, 7) is 6.82. The van der Waals surface area contributed by atoms with Gasteiger partial charge in [-0.15, -0.1) is 0 Å². The molecule has 2 heterocycles. The van der Waals surface area contributed by atoms with Gasteiger partial charge in [0.15, 0.2) is 5.83 Å². The van der Waals surface area contributed by atoms with Gasteiger partial charge in [0.05, 0.1) is 4.90 Å². The number of rotatable bonds is 6. The first kappa shape index (κ1) is 26.1. The van der Waals surface area contributed by atoms with Gasteiger partial charge < -0.3 is 5.32 Å². The Morgan fingerprint density at radius 2 is 1.70 bits per heavy atom. The molecule has 37 heavy (non-hydrogen) atoms. The van der Waals surface area contributed by atoms with E-state index in [9.17, 15) is 17.6 Å². The molecule has 1 amide bonds. The third-order valence-corrected chi connectivity index (χ3v) is 7.35. The van der Waals surface area contributed by atoms with E-state index in [4.69, 9.17) is 0 Å². The molecule has 0 spiro atoms. The molecule has 0 atom stereocenters. The highest BCUT2D eigenvalue weighted by molar-refractivity contribution is 7.89. The zero-order chi connectivity index (χ0) is 26.8. The van der Waals surface area contributed by atoms with Crippen molar-refractivity contribution < 1.29 is 17.6 Å². The van der Waals surface area contributed by atoms with Crippen LogP contribution in [0, 0.1) is 0 Å². The van der Waals surface area contributed by atoms with E-state index in [1.54, 1.807) is 69.6 Å².